The van der Waals surface area contributed by atoms with Crippen LogP contribution < -0.4 is 5.73 Å². The molecule has 0 radical (unpaired) electrons. The Balaban J connectivity index is 4.68. The lowest BCUT2D eigenvalue weighted by Gasteiger charge is -2.30. The van der Waals surface area contributed by atoms with E-state index < -0.39 is 0 Å². The van der Waals surface area contributed by atoms with Gasteiger partial charge in [0.05, 0.1) is 6.61 Å². The Morgan fingerprint density at radius 1 is 1.25 bits per heavy atom. The predicted octanol–water partition coefficient (Wildman–Crippen LogP) is 1.80. The van der Waals surface area contributed by atoms with Gasteiger partial charge in [-0.05, 0) is 18.3 Å². The third-order valence-electron chi connectivity index (χ3n) is 3.07. The van der Waals surface area contributed by atoms with E-state index in [-0.39, 0.29) is 36.3 Å². The van der Waals surface area contributed by atoms with E-state index in [0.717, 1.165) is 0 Å². The van der Waals surface area contributed by atoms with Crippen molar-refractivity contribution in [2.75, 3.05) is 19.7 Å². The zero-order valence-electron chi connectivity index (χ0n) is 13.7. The number of amides is 1. The highest BCUT2D eigenvalue weighted by Crippen LogP contribution is 2.20. The van der Waals surface area contributed by atoms with E-state index in [1.54, 1.807) is 11.8 Å². The lowest BCUT2D eigenvalue weighted by atomic mass is 9.85. The molecule has 2 N–H and O–H groups in total. The zero-order chi connectivity index (χ0) is 15.9. The number of nitrogens with two attached hydrogens (primary N) is 1. The quantitative estimate of drug-likeness (QED) is 0.724. The van der Waals surface area contributed by atoms with Crippen LogP contribution in [0.5, 0.6) is 0 Å². The number of hydrogen-bond donors (Lipinski definition) is 1. The van der Waals surface area contributed by atoms with Crippen molar-refractivity contribution in [3.05, 3.63) is 0 Å². The zero-order valence-corrected chi connectivity index (χ0v) is 13.7. The highest BCUT2D eigenvalue weighted by atomic mass is 16.5. The topological polar surface area (TPSA) is 72.6 Å². The molecule has 0 spiro atoms. The fourth-order valence-electron chi connectivity index (χ4n) is 1.68. The van der Waals surface area contributed by atoms with E-state index in [0.29, 0.717) is 19.1 Å². The van der Waals surface area contributed by atoms with Gasteiger partial charge in [-0.25, -0.2) is 0 Å². The molecule has 0 saturated carbocycles. The molecule has 1 amide bonds. The first-order valence-corrected chi connectivity index (χ1v) is 7.26. The number of ether oxygens (including phenoxy) is 1. The summed E-state index contributed by atoms with van der Waals surface area (Å²) in [5.41, 5.74) is 5.91. The van der Waals surface area contributed by atoms with Crippen molar-refractivity contribution < 1.29 is 14.3 Å². The van der Waals surface area contributed by atoms with Gasteiger partial charge in [0.2, 0.25) is 5.91 Å². The van der Waals surface area contributed by atoms with Crippen LogP contribution in [-0.2, 0) is 14.3 Å². The largest absolute Gasteiger partial charge is 0.465 e. The van der Waals surface area contributed by atoms with Crippen molar-refractivity contribution in [1.82, 2.24) is 4.90 Å². The highest BCUT2D eigenvalue weighted by Gasteiger charge is 2.27. The average Bonchev–Trinajstić information content (AvgIpc) is 2.26. The van der Waals surface area contributed by atoms with Gasteiger partial charge in [0.15, 0.2) is 0 Å². The molecule has 20 heavy (non-hydrogen) atoms. The normalized spacial score (nSPS) is 13.2. The summed E-state index contributed by atoms with van der Waals surface area (Å²) in [6.07, 6.45) is 0.246. The molecule has 0 bridgehead atoms. The second kappa shape index (κ2) is 8.25. The van der Waals surface area contributed by atoms with Crippen molar-refractivity contribution in [1.29, 1.82) is 0 Å². The number of esters is 1. The number of rotatable bonds is 7. The van der Waals surface area contributed by atoms with Crippen molar-refractivity contribution >= 4 is 11.9 Å². The third-order valence-corrected chi connectivity index (χ3v) is 3.07. The molecule has 0 aliphatic rings. The molecule has 1 unspecified atom stereocenters. The van der Waals surface area contributed by atoms with Gasteiger partial charge in [-0.15, -0.1) is 0 Å². The summed E-state index contributed by atoms with van der Waals surface area (Å²) in [6, 6.07) is -0.230. The van der Waals surface area contributed by atoms with Crippen molar-refractivity contribution in [3.8, 4) is 0 Å². The summed E-state index contributed by atoms with van der Waals surface area (Å²) in [4.78, 5) is 25.4. The molecule has 0 saturated heterocycles. The van der Waals surface area contributed by atoms with Crippen LogP contribution in [0.4, 0.5) is 0 Å². The fraction of sp³-hybridized carbons (Fsp3) is 0.867. The molecule has 0 aliphatic carbocycles. The maximum atomic E-state index is 12.3. The van der Waals surface area contributed by atoms with Gasteiger partial charge in [0.1, 0.15) is 6.54 Å². The Bertz CT molecular complexity index is 322. The molecular formula is C15H30N2O3. The van der Waals surface area contributed by atoms with E-state index in [9.17, 15) is 9.59 Å². The van der Waals surface area contributed by atoms with Crippen LogP contribution in [-0.4, -0.2) is 42.5 Å². The first-order chi connectivity index (χ1) is 9.07. The molecule has 0 aliphatic heterocycles. The molecule has 118 valence electrons. The molecule has 0 fully saturated rings. The van der Waals surface area contributed by atoms with Gasteiger partial charge in [-0.3, -0.25) is 9.59 Å². The lowest BCUT2D eigenvalue weighted by molar-refractivity contribution is -0.149. The highest BCUT2D eigenvalue weighted by molar-refractivity contribution is 5.82. The summed E-state index contributed by atoms with van der Waals surface area (Å²) < 4.78 is 4.91. The number of carbonyl (C=O) groups is 2. The average molecular weight is 286 g/mol. The standard InChI is InChI=1S/C15H30N2O3/c1-7-20-14(19)10-17(9-11(2)3)13(18)8-12(16)15(4,5)6/h11-12H,7-10,16H2,1-6H3. The second-order valence-corrected chi connectivity index (χ2v) is 6.65. The van der Waals surface area contributed by atoms with Gasteiger partial charge in [0.25, 0.3) is 0 Å². The van der Waals surface area contributed by atoms with Gasteiger partial charge >= 0.3 is 5.97 Å². The van der Waals surface area contributed by atoms with Gasteiger partial charge in [-0.1, -0.05) is 34.6 Å². The molecule has 0 heterocycles. The Kier molecular flexibility index (Phi) is 7.79. The summed E-state index contributed by atoms with van der Waals surface area (Å²) in [7, 11) is 0. The van der Waals surface area contributed by atoms with Crippen LogP contribution in [0.25, 0.3) is 0 Å². The molecule has 1 atom stereocenters. The van der Waals surface area contributed by atoms with Gasteiger partial charge in [-0.2, -0.15) is 0 Å². The predicted molar refractivity (Wildman–Crippen MR) is 80.1 cm³/mol. The smallest absolute Gasteiger partial charge is 0.325 e. The second-order valence-electron chi connectivity index (χ2n) is 6.65. The van der Waals surface area contributed by atoms with Crippen molar-refractivity contribution in [2.45, 2.75) is 54.0 Å². The number of carbonyl (C=O) groups excluding carboxylic acids is 2. The van der Waals surface area contributed by atoms with E-state index in [1.807, 2.05) is 34.6 Å². The minimum Gasteiger partial charge on any atom is -0.465 e. The van der Waals surface area contributed by atoms with Gasteiger partial charge < -0.3 is 15.4 Å². The summed E-state index contributed by atoms with van der Waals surface area (Å²) >= 11 is 0. The SMILES string of the molecule is CCOC(=O)CN(CC(C)C)C(=O)CC(N)C(C)(C)C. The van der Waals surface area contributed by atoms with Crippen LogP contribution in [0.3, 0.4) is 0 Å². The fourth-order valence-corrected chi connectivity index (χ4v) is 1.68. The Morgan fingerprint density at radius 2 is 1.80 bits per heavy atom. The first-order valence-electron chi connectivity index (χ1n) is 7.26. The van der Waals surface area contributed by atoms with Crippen molar-refractivity contribution in [2.24, 2.45) is 17.1 Å². The van der Waals surface area contributed by atoms with E-state index in [1.165, 1.54) is 0 Å². The Labute approximate surface area is 122 Å². The van der Waals surface area contributed by atoms with Crippen LogP contribution in [0.2, 0.25) is 0 Å². The van der Waals surface area contributed by atoms with E-state index in [4.69, 9.17) is 10.5 Å². The van der Waals surface area contributed by atoms with Crippen LogP contribution in [0.15, 0.2) is 0 Å². The minimum atomic E-state index is -0.370. The van der Waals surface area contributed by atoms with Crippen LogP contribution in [0, 0.1) is 11.3 Å². The summed E-state index contributed by atoms with van der Waals surface area (Å²) in [6.45, 7) is 12.6. The van der Waals surface area contributed by atoms with Crippen LogP contribution >= 0.6 is 0 Å². The maximum Gasteiger partial charge on any atom is 0.325 e. The maximum absolute atomic E-state index is 12.3. The molecule has 0 aromatic rings. The molecular weight excluding hydrogens is 256 g/mol. The summed E-state index contributed by atoms with van der Waals surface area (Å²) in [5, 5.41) is 0. The molecule has 0 aromatic heterocycles. The lowest BCUT2D eigenvalue weighted by Crippen LogP contribution is -2.44. The Morgan fingerprint density at radius 3 is 2.20 bits per heavy atom. The van der Waals surface area contributed by atoms with E-state index >= 15 is 0 Å². The summed E-state index contributed by atoms with van der Waals surface area (Å²) in [5.74, 6) is -0.167. The number of nitrogens with zero attached hydrogens (tertiary/aromatic N) is 1. The van der Waals surface area contributed by atoms with Crippen LogP contribution in [0.1, 0.15) is 48.0 Å². The molecule has 0 aromatic carbocycles. The van der Waals surface area contributed by atoms with Gasteiger partial charge in [0, 0.05) is 19.0 Å². The van der Waals surface area contributed by atoms with Crippen molar-refractivity contribution in [3.63, 3.8) is 0 Å². The Hall–Kier alpha value is -1.10. The molecule has 5 heteroatoms. The third kappa shape index (κ3) is 7.48. The molecule has 5 nitrogen and oxygen atoms in total. The minimum absolute atomic E-state index is 0.00170. The van der Waals surface area contributed by atoms with E-state index in [2.05, 4.69) is 0 Å². The molecule has 0 rings (SSSR count). The first kappa shape index (κ1) is 18.9. The monoisotopic (exact) mass is 286 g/mol. The number of hydrogen-bond acceptors (Lipinski definition) is 4.